The van der Waals surface area contributed by atoms with E-state index in [0.717, 1.165) is 0 Å². The molecule has 1 saturated heterocycles. The van der Waals surface area contributed by atoms with E-state index in [0.29, 0.717) is 48.7 Å². The SMILES string of the molecule is CCN(CC)S(=O)(=O)c1ccc(NC(=O)C2CCCN(S(=O)(=O)Cc3ccc(Cl)cc3Cl)C2)cc1. The van der Waals surface area contributed by atoms with Crippen molar-refractivity contribution in [1.29, 1.82) is 0 Å². The van der Waals surface area contributed by atoms with Gasteiger partial charge in [-0.1, -0.05) is 43.1 Å². The Morgan fingerprint density at radius 3 is 2.31 bits per heavy atom. The van der Waals surface area contributed by atoms with Gasteiger partial charge >= 0.3 is 0 Å². The van der Waals surface area contributed by atoms with Crippen LogP contribution in [0.25, 0.3) is 0 Å². The van der Waals surface area contributed by atoms with Gasteiger partial charge in [-0.05, 0) is 54.8 Å². The molecule has 0 spiro atoms. The van der Waals surface area contributed by atoms with Gasteiger partial charge in [-0.2, -0.15) is 4.31 Å². The average molecular weight is 563 g/mol. The average Bonchev–Trinajstić information content (AvgIpc) is 2.82. The fourth-order valence-corrected chi connectivity index (χ4v) is 7.66. The van der Waals surface area contributed by atoms with Crippen LogP contribution in [0.5, 0.6) is 0 Å². The molecule has 1 fully saturated rings. The molecule has 192 valence electrons. The fraction of sp³-hybridized carbons (Fsp3) is 0.435. The van der Waals surface area contributed by atoms with E-state index in [-0.39, 0.29) is 28.1 Å². The number of anilines is 1. The Morgan fingerprint density at radius 2 is 1.71 bits per heavy atom. The van der Waals surface area contributed by atoms with Crippen LogP contribution in [-0.2, 0) is 30.6 Å². The van der Waals surface area contributed by atoms with Crippen LogP contribution in [0, 0.1) is 5.92 Å². The molecule has 0 radical (unpaired) electrons. The van der Waals surface area contributed by atoms with Gasteiger partial charge in [0.05, 0.1) is 16.6 Å². The molecule has 8 nitrogen and oxygen atoms in total. The van der Waals surface area contributed by atoms with Crippen molar-refractivity contribution in [2.75, 3.05) is 31.5 Å². The van der Waals surface area contributed by atoms with E-state index < -0.39 is 26.0 Å². The van der Waals surface area contributed by atoms with Crippen LogP contribution >= 0.6 is 23.2 Å². The van der Waals surface area contributed by atoms with E-state index in [2.05, 4.69) is 5.32 Å². The summed E-state index contributed by atoms with van der Waals surface area (Å²) in [4.78, 5) is 13.0. The summed E-state index contributed by atoms with van der Waals surface area (Å²) in [5, 5.41) is 3.48. The molecule has 1 atom stereocenters. The highest BCUT2D eigenvalue weighted by Crippen LogP contribution is 2.27. The zero-order valence-corrected chi connectivity index (χ0v) is 22.7. The van der Waals surface area contributed by atoms with Crippen molar-refractivity contribution < 1.29 is 21.6 Å². The number of sulfonamides is 2. The van der Waals surface area contributed by atoms with E-state index >= 15 is 0 Å². The Bertz CT molecular complexity index is 1260. The lowest BCUT2D eigenvalue weighted by molar-refractivity contribution is -0.120. The molecule has 2 aromatic carbocycles. The molecule has 0 aromatic heterocycles. The first-order valence-electron chi connectivity index (χ1n) is 11.3. The zero-order chi connectivity index (χ0) is 25.8. The molecule has 1 unspecified atom stereocenters. The first-order chi connectivity index (χ1) is 16.5. The van der Waals surface area contributed by atoms with Crippen molar-refractivity contribution in [3.63, 3.8) is 0 Å². The topological polar surface area (TPSA) is 104 Å². The number of carbonyl (C=O) groups excluding carboxylic acids is 1. The fourth-order valence-electron chi connectivity index (χ4n) is 4.00. The van der Waals surface area contributed by atoms with Crippen LogP contribution in [-0.4, -0.2) is 57.5 Å². The summed E-state index contributed by atoms with van der Waals surface area (Å²) in [5.41, 5.74) is 0.892. The maximum absolute atomic E-state index is 13.0. The minimum absolute atomic E-state index is 0.0633. The highest BCUT2D eigenvalue weighted by molar-refractivity contribution is 7.89. The largest absolute Gasteiger partial charge is 0.326 e. The van der Waals surface area contributed by atoms with Crippen molar-refractivity contribution in [2.45, 2.75) is 37.3 Å². The first-order valence-corrected chi connectivity index (χ1v) is 15.1. The number of amides is 1. The Morgan fingerprint density at radius 1 is 1.06 bits per heavy atom. The number of carbonyl (C=O) groups is 1. The Kier molecular flexibility index (Phi) is 9.22. The molecular weight excluding hydrogens is 533 g/mol. The molecule has 1 amide bonds. The molecule has 3 rings (SSSR count). The number of piperidine rings is 1. The minimum atomic E-state index is -3.69. The van der Waals surface area contributed by atoms with Crippen molar-refractivity contribution in [3.8, 4) is 0 Å². The van der Waals surface area contributed by atoms with E-state index in [1.165, 1.54) is 38.9 Å². The zero-order valence-electron chi connectivity index (χ0n) is 19.6. The van der Waals surface area contributed by atoms with E-state index in [1.807, 2.05) is 0 Å². The van der Waals surface area contributed by atoms with Gasteiger partial charge in [-0.3, -0.25) is 4.79 Å². The molecule has 35 heavy (non-hydrogen) atoms. The summed E-state index contributed by atoms with van der Waals surface area (Å²) >= 11 is 12.0. The summed E-state index contributed by atoms with van der Waals surface area (Å²) in [6.07, 6.45) is 1.10. The number of nitrogens with zero attached hydrogens (tertiary/aromatic N) is 2. The second-order valence-corrected chi connectivity index (χ2v) is 13.0. The number of nitrogens with one attached hydrogen (secondary N) is 1. The molecule has 1 aliphatic rings. The van der Waals surface area contributed by atoms with Gasteiger partial charge in [0.15, 0.2) is 0 Å². The number of rotatable bonds is 9. The normalized spacial score (nSPS) is 17.5. The van der Waals surface area contributed by atoms with E-state index in [4.69, 9.17) is 23.2 Å². The van der Waals surface area contributed by atoms with Gasteiger partial charge in [0.25, 0.3) is 0 Å². The molecule has 0 saturated carbocycles. The van der Waals surface area contributed by atoms with Crippen LogP contribution in [0.4, 0.5) is 5.69 Å². The summed E-state index contributed by atoms with van der Waals surface area (Å²) < 4.78 is 53.9. The molecule has 0 bridgehead atoms. The number of hydrogen-bond acceptors (Lipinski definition) is 5. The van der Waals surface area contributed by atoms with Gasteiger partial charge in [0, 0.05) is 41.9 Å². The standard InChI is InChI=1S/C23H29Cl2N3O5S2/c1-3-27(4-2)35(32,33)21-11-9-20(10-12-21)26-23(29)17-6-5-13-28(15-17)34(30,31)16-18-7-8-19(24)14-22(18)25/h7-12,14,17H,3-6,13,15-16H2,1-2H3,(H,26,29). The van der Waals surface area contributed by atoms with Gasteiger partial charge in [0.1, 0.15) is 0 Å². The van der Waals surface area contributed by atoms with Gasteiger partial charge in [0.2, 0.25) is 26.0 Å². The van der Waals surface area contributed by atoms with Gasteiger partial charge < -0.3 is 5.32 Å². The van der Waals surface area contributed by atoms with Crippen LogP contribution in [0.2, 0.25) is 10.0 Å². The molecular formula is C23H29Cl2N3O5S2. The third kappa shape index (κ3) is 6.75. The summed E-state index contributed by atoms with van der Waals surface area (Å²) in [7, 11) is -7.28. The van der Waals surface area contributed by atoms with Gasteiger partial charge in [-0.15, -0.1) is 0 Å². The molecule has 1 aliphatic heterocycles. The predicted molar refractivity (Wildman–Crippen MR) is 139 cm³/mol. The van der Waals surface area contributed by atoms with Gasteiger partial charge in [-0.25, -0.2) is 21.1 Å². The van der Waals surface area contributed by atoms with Crippen LogP contribution in [0.3, 0.4) is 0 Å². The lowest BCUT2D eigenvalue weighted by atomic mass is 9.99. The molecule has 12 heteroatoms. The van der Waals surface area contributed by atoms with Crippen molar-refractivity contribution in [3.05, 3.63) is 58.1 Å². The number of halogens is 2. The summed E-state index contributed by atoms with van der Waals surface area (Å²) in [6.45, 7) is 4.66. The second kappa shape index (κ2) is 11.6. The van der Waals surface area contributed by atoms with E-state index in [1.54, 1.807) is 26.0 Å². The maximum atomic E-state index is 13.0. The van der Waals surface area contributed by atoms with Crippen LogP contribution in [0.15, 0.2) is 47.4 Å². The summed E-state index contributed by atoms with van der Waals surface area (Å²) in [6, 6.07) is 10.7. The molecule has 1 N–H and O–H groups in total. The lowest BCUT2D eigenvalue weighted by Crippen LogP contribution is -2.44. The highest BCUT2D eigenvalue weighted by Gasteiger charge is 2.33. The number of hydrogen-bond donors (Lipinski definition) is 1. The highest BCUT2D eigenvalue weighted by atomic mass is 35.5. The third-order valence-corrected chi connectivity index (χ3v) is 10.4. The number of benzene rings is 2. The first kappa shape index (κ1) is 27.9. The lowest BCUT2D eigenvalue weighted by Gasteiger charge is -2.31. The monoisotopic (exact) mass is 561 g/mol. The van der Waals surface area contributed by atoms with E-state index in [9.17, 15) is 21.6 Å². The second-order valence-electron chi connectivity index (χ2n) is 8.29. The van der Waals surface area contributed by atoms with Crippen molar-refractivity contribution >= 4 is 54.8 Å². The molecule has 2 aromatic rings. The van der Waals surface area contributed by atoms with Crippen LogP contribution in [0.1, 0.15) is 32.3 Å². The Hall–Kier alpha value is -1.69. The maximum Gasteiger partial charge on any atom is 0.243 e. The molecule has 0 aliphatic carbocycles. The smallest absolute Gasteiger partial charge is 0.243 e. The summed E-state index contributed by atoms with van der Waals surface area (Å²) in [5.74, 6) is -1.12. The van der Waals surface area contributed by atoms with Crippen molar-refractivity contribution in [2.24, 2.45) is 5.92 Å². The Balaban J connectivity index is 1.66. The van der Waals surface area contributed by atoms with Crippen molar-refractivity contribution in [1.82, 2.24) is 8.61 Å². The minimum Gasteiger partial charge on any atom is -0.326 e. The Labute approximate surface area is 217 Å². The molecule has 1 heterocycles. The predicted octanol–water partition coefficient (Wildman–Crippen LogP) is 4.20. The quantitative estimate of drug-likeness (QED) is 0.494. The third-order valence-electron chi connectivity index (χ3n) is 5.97. The van der Waals surface area contributed by atoms with Crippen LogP contribution < -0.4 is 5.32 Å².